The fourth-order valence-electron chi connectivity index (χ4n) is 2.11. The smallest absolute Gasteiger partial charge is 0.313 e. The van der Waals surface area contributed by atoms with Gasteiger partial charge in [0.15, 0.2) is 0 Å². The molecule has 0 amide bonds. The number of hydrogen-bond donors (Lipinski definition) is 1. The third-order valence-electron chi connectivity index (χ3n) is 3.01. The van der Waals surface area contributed by atoms with Crippen LogP contribution < -0.4 is 5.73 Å². The van der Waals surface area contributed by atoms with Gasteiger partial charge >= 0.3 is 5.69 Å². The van der Waals surface area contributed by atoms with Crippen LogP contribution in [0.25, 0.3) is 0 Å². The van der Waals surface area contributed by atoms with E-state index >= 15 is 0 Å². The summed E-state index contributed by atoms with van der Waals surface area (Å²) in [5.41, 5.74) is 7.29. The van der Waals surface area contributed by atoms with Crippen LogP contribution >= 0.6 is 0 Å². The monoisotopic (exact) mass is 254 g/mol. The molecule has 0 saturated heterocycles. The Morgan fingerprint density at radius 1 is 1.50 bits per heavy atom. The number of nitrogens with zero attached hydrogens (tertiary/aromatic N) is 3. The zero-order valence-corrected chi connectivity index (χ0v) is 11.5. The fraction of sp³-hybridized carbons (Fsp3) is 0.750. The molecule has 1 atom stereocenters. The second-order valence-corrected chi connectivity index (χ2v) is 4.97. The first kappa shape index (κ1) is 14.6. The Hall–Kier alpha value is -1.43. The van der Waals surface area contributed by atoms with Gasteiger partial charge in [-0.1, -0.05) is 27.2 Å². The summed E-state index contributed by atoms with van der Waals surface area (Å²) in [6.45, 7) is 5.87. The first-order valence-corrected chi connectivity index (χ1v) is 6.34. The molecule has 0 aromatic carbocycles. The molecule has 1 aromatic heterocycles. The highest BCUT2D eigenvalue weighted by atomic mass is 16.6. The number of aryl methyl sites for hydroxylation is 1. The molecule has 6 heteroatoms. The van der Waals surface area contributed by atoms with E-state index in [1.165, 1.54) is 0 Å². The number of hydrogen-bond acceptors (Lipinski definition) is 4. The van der Waals surface area contributed by atoms with E-state index in [2.05, 4.69) is 12.0 Å². The number of nitro groups is 1. The van der Waals surface area contributed by atoms with Crippen molar-refractivity contribution in [1.29, 1.82) is 0 Å². The average molecular weight is 254 g/mol. The highest BCUT2D eigenvalue weighted by Crippen LogP contribution is 2.29. The van der Waals surface area contributed by atoms with Crippen molar-refractivity contribution in [2.45, 2.75) is 52.0 Å². The van der Waals surface area contributed by atoms with Crippen LogP contribution in [0.4, 0.5) is 5.69 Å². The minimum atomic E-state index is -0.337. The molecule has 0 aliphatic rings. The molecule has 1 aromatic rings. The molecule has 102 valence electrons. The van der Waals surface area contributed by atoms with Gasteiger partial charge in [0.05, 0.1) is 4.92 Å². The molecule has 1 unspecified atom stereocenters. The minimum Gasteiger partial charge on any atom is -0.327 e. The van der Waals surface area contributed by atoms with Gasteiger partial charge in [-0.15, -0.1) is 0 Å². The van der Waals surface area contributed by atoms with Crippen molar-refractivity contribution in [3.05, 3.63) is 21.5 Å². The number of rotatable bonds is 6. The van der Waals surface area contributed by atoms with Crippen molar-refractivity contribution >= 4 is 5.69 Å². The lowest BCUT2D eigenvalue weighted by molar-refractivity contribution is -0.386. The van der Waals surface area contributed by atoms with Crippen LogP contribution in [-0.4, -0.2) is 20.7 Å². The summed E-state index contributed by atoms with van der Waals surface area (Å²) in [5, 5.41) is 15.5. The topological polar surface area (TPSA) is 87.0 Å². The lowest BCUT2D eigenvalue weighted by atomic mass is 10.0. The summed E-state index contributed by atoms with van der Waals surface area (Å²) in [6, 6.07) is -0.0517. The Bertz CT molecular complexity index is 426. The molecule has 2 N–H and O–H groups in total. The molecule has 0 aliphatic carbocycles. The predicted octanol–water partition coefficient (Wildman–Crippen LogP) is 2.12. The van der Waals surface area contributed by atoms with E-state index in [1.54, 1.807) is 11.7 Å². The Balaban J connectivity index is 3.13. The molecule has 0 bridgehead atoms. The molecule has 0 aliphatic heterocycles. The van der Waals surface area contributed by atoms with E-state index in [4.69, 9.17) is 5.73 Å². The summed E-state index contributed by atoms with van der Waals surface area (Å²) in [7, 11) is 1.74. The maximum atomic E-state index is 11.2. The summed E-state index contributed by atoms with van der Waals surface area (Å²) in [5.74, 6) is 0.0350. The summed E-state index contributed by atoms with van der Waals surface area (Å²) >= 11 is 0. The van der Waals surface area contributed by atoms with Crippen LogP contribution in [0.3, 0.4) is 0 Å². The molecule has 0 fully saturated rings. The Kier molecular flexibility index (Phi) is 4.84. The molecule has 0 spiro atoms. The van der Waals surface area contributed by atoms with Crippen LogP contribution in [-0.2, 0) is 13.5 Å². The van der Waals surface area contributed by atoms with Gasteiger partial charge < -0.3 is 5.73 Å². The lowest BCUT2D eigenvalue weighted by Crippen LogP contribution is -2.24. The SMILES string of the molecule is CCCC(N)Cc1c([N+](=O)[O-])c(C(C)C)nn1C. The standard InChI is InChI=1S/C12H22N4O2/c1-5-6-9(13)7-10-12(16(17)18)11(8(2)3)14-15(10)4/h8-9H,5-7,13H2,1-4H3. The van der Waals surface area contributed by atoms with Crippen LogP contribution in [0.2, 0.25) is 0 Å². The maximum absolute atomic E-state index is 11.2. The first-order chi connectivity index (χ1) is 8.38. The Morgan fingerprint density at radius 3 is 2.56 bits per heavy atom. The molecular formula is C12H22N4O2. The van der Waals surface area contributed by atoms with Crippen LogP contribution in [0.15, 0.2) is 0 Å². The van der Waals surface area contributed by atoms with E-state index in [0.29, 0.717) is 17.8 Å². The quantitative estimate of drug-likeness (QED) is 0.622. The normalized spacial score (nSPS) is 13.0. The number of aromatic nitrogens is 2. The molecule has 18 heavy (non-hydrogen) atoms. The number of nitrogens with two attached hydrogens (primary N) is 1. The highest BCUT2D eigenvalue weighted by molar-refractivity contribution is 5.43. The third kappa shape index (κ3) is 3.07. The van der Waals surface area contributed by atoms with Crippen molar-refractivity contribution in [2.24, 2.45) is 12.8 Å². The van der Waals surface area contributed by atoms with Gasteiger partial charge in [0.1, 0.15) is 11.4 Å². The minimum absolute atomic E-state index is 0.0350. The van der Waals surface area contributed by atoms with Crippen molar-refractivity contribution in [3.63, 3.8) is 0 Å². The van der Waals surface area contributed by atoms with Gasteiger partial charge in [0.2, 0.25) is 0 Å². The lowest BCUT2D eigenvalue weighted by Gasteiger charge is -2.09. The van der Waals surface area contributed by atoms with E-state index in [0.717, 1.165) is 12.8 Å². The first-order valence-electron chi connectivity index (χ1n) is 6.34. The van der Waals surface area contributed by atoms with Gasteiger partial charge in [-0.25, -0.2) is 0 Å². The summed E-state index contributed by atoms with van der Waals surface area (Å²) < 4.78 is 1.60. The average Bonchev–Trinajstić information content (AvgIpc) is 2.57. The molecule has 0 saturated carbocycles. The molecule has 0 radical (unpaired) electrons. The van der Waals surface area contributed by atoms with Gasteiger partial charge in [-0.3, -0.25) is 14.8 Å². The van der Waals surface area contributed by atoms with Gasteiger partial charge in [0, 0.05) is 25.4 Å². The fourth-order valence-corrected chi connectivity index (χ4v) is 2.11. The predicted molar refractivity (Wildman–Crippen MR) is 70.5 cm³/mol. The highest BCUT2D eigenvalue weighted by Gasteiger charge is 2.28. The van der Waals surface area contributed by atoms with Gasteiger partial charge in [0.25, 0.3) is 0 Å². The van der Waals surface area contributed by atoms with E-state index < -0.39 is 0 Å². The van der Waals surface area contributed by atoms with E-state index in [9.17, 15) is 10.1 Å². The van der Waals surface area contributed by atoms with Gasteiger partial charge in [-0.05, 0) is 6.42 Å². The second kappa shape index (κ2) is 5.95. The van der Waals surface area contributed by atoms with Gasteiger partial charge in [-0.2, -0.15) is 5.10 Å². The van der Waals surface area contributed by atoms with Crippen LogP contribution in [0, 0.1) is 10.1 Å². The second-order valence-electron chi connectivity index (χ2n) is 4.97. The van der Waals surface area contributed by atoms with Crippen molar-refractivity contribution < 1.29 is 4.92 Å². The van der Waals surface area contributed by atoms with Crippen molar-refractivity contribution in [3.8, 4) is 0 Å². The van der Waals surface area contributed by atoms with E-state index in [1.807, 2.05) is 13.8 Å². The largest absolute Gasteiger partial charge is 0.327 e. The van der Waals surface area contributed by atoms with E-state index in [-0.39, 0.29) is 22.6 Å². The Morgan fingerprint density at radius 2 is 2.11 bits per heavy atom. The molecule has 1 heterocycles. The molecule has 6 nitrogen and oxygen atoms in total. The molecular weight excluding hydrogens is 232 g/mol. The molecule has 1 rings (SSSR count). The van der Waals surface area contributed by atoms with Crippen molar-refractivity contribution in [2.75, 3.05) is 0 Å². The van der Waals surface area contributed by atoms with Crippen LogP contribution in [0.5, 0.6) is 0 Å². The summed E-state index contributed by atoms with van der Waals surface area (Å²) in [6.07, 6.45) is 2.34. The maximum Gasteiger partial charge on any atom is 0.313 e. The van der Waals surface area contributed by atoms with Crippen molar-refractivity contribution in [1.82, 2.24) is 9.78 Å². The zero-order chi connectivity index (χ0) is 13.9. The summed E-state index contributed by atoms with van der Waals surface area (Å²) in [4.78, 5) is 10.9. The van der Waals surface area contributed by atoms with Crippen LogP contribution in [0.1, 0.15) is 50.9 Å². The third-order valence-corrected chi connectivity index (χ3v) is 3.01. The Labute approximate surface area is 107 Å². The zero-order valence-electron chi connectivity index (χ0n) is 11.5.